The van der Waals surface area contributed by atoms with Crippen molar-refractivity contribution < 1.29 is 4.42 Å². The summed E-state index contributed by atoms with van der Waals surface area (Å²) in [6, 6.07) is 14.8. The minimum Gasteiger partial charge on any atom is -0.459 e. The van der Waals surface area contributed by atoms with Crippen molar-refractivity contribution in [1.82, 2.24) is 5.32 Å². The molecule has 0 bridgehead atoms. The molecule has 1 atom stereocenters. The molecule has 0 aliphatic heterocycles. The molecule has 3 aromatic rings. The number of nitrogens with one attached hydrogen (secondary N) is 1. The lowest BCUT2D eigenvalue weighted by molar-refractivity contribution is 0.452. The van der Waals surface area contributed by atoms with Crippen molar-refractivity contribution in [3.63, 3.8) is 0 Å². The molecule has 0 radical (unpaired) electrons. The van der Waals surface area contributed by atoms with Crippen LogP contribution >= 0.6 is 11.3 Å². The fraction of sp³-hybridized carbons (Fsp3) is 0.250. The summed E-state index contributed by atoms with van der Waals surface area (Å²) in [5.74, 6) is 0.995. The average molecular weight is 271 g/mol. The second-order valence-electron chi connectivity index (χ2n) is 4.80. The largest absolute Gasteiger partial charge is 0.459 e. The molecule has 0 fully saturated rings. The molecule has 0 saturated heterocycles. The predicted molar refractivity (Wildman–Crippen MR) is 80.5 cm³/mol. The van der Waals surface area contributed by atoms with Crippen LogP contribution in [0.5, 0.6) is 0 Å². The van der Waals surface area contributed by atoms with Gasteiger partial charge in [0.05, 0.1) is 6.04 Å². The first-order valence-electron chi connectivity index (χ1n) is 6.49. The highest BCUT2D eigenvalue weighted by Crippen LogP contribution is 2.24. The van der Waals surface area contributed by atoms with Crippen LogP contribution in [0.2, 0.25) is 0 Å². The Balaban J connectivity index is 1.71. The van der Waals surface area contributed by atoms with Crippen molar-refractivity contribution in [2.24, 2.45) is 0 Å². The fourth-order valence-corrected chi connectivity index (χ4v) is 2.99. The van der Waals surface area contributed by atoms with E-state index in [4.69, 9.17) is 4.42 Å². The van der Waals surface area contributed by atoms with Gasteiger partial charge in [-0.1, -0.05) is 18.2 Å². The van der Waals surface area contributed by atoms with E-state index < -0.39 is 0 Å². The molecule has 0 aliphatic rings. The number of fused-ring (bicyclic) bond motifs is 1. The van der Waals surface area contributed by atoms with Gasteiger partial charge in [-0.25, -0.2) is 0 Å². The van der Waals surface area contributed by atoms with Gasteiger partial charge >= 0.3 is 0 Å². The summed E-state index contributed by atoms with van der Waals surface area (Å²) < 4.78 is 5.86. The average Bonchev–Trinajstić information content (AvgIpc) is 3.01. The molecular formula is C16H17NOS. The van der Waals surface area contributed by atoms with Crippen LogP contribution in [0.4, 0.5) is 0 Å². The van der Waals surface area contributed by atoms with Gasteiger partial charge in [0, 0.05) is 21.7 Å². The Morgan fingerprint density at radius 3 is 2.79 bits per heavy atom. The molecule has 2 aromatic heterocycles. The first-order valence-corrected chi connectivity index (χ1v) is 7.31. The lowest BCUT2D eigenvalue weighted by Crippen LogP contribution is -2.16. The summed E-state index contributed by atoms with van der Waals surface area (Å²) in [4.78, 5) is 2.72. The maximum absolute atomic E-state index is 5.86. The maximum Gasteiger partial charge on any atom is 0.134 e. The van der Waals surface area contributed by atoms with Gasteiger partial charge in [-0.05, 0) is 38.1 Å². The highest BCUT2D eigenvalue weighted by Gasteiger charge is 2.11. The topological polar surface area (TPSA) is 25.2 Å². The summed E-state index contributed by atoms with van der Waals surface area (Å²) in [6.07, 6.45) is 0. The van der Waals surface area contributed by atoms with E-state index in [1.165, 1.54) is 9.75 Å². The summed E-state index contributed by atoms with van der Waals surface area (Å²) >= 11 is 1.84. The van der Waals surface area contributed by atoms with Crippen molar-refractivity contribution in [3.05, 3.63) is 58.0 Å². The van der Waals surface area contributed by atoms with Crippen LogP contribution in [0.3, 0.4) is 0 Å². The van der Waals surface area contributed by atoms with Gasteiger partial charge in [0.15, 0.2) is 0 Å². The summed E-state index contributed by atoms with van der Waals surface area (Å²) in [7, 11) is 0. The molecule has 98 valence electrons. The Morgan fingerprint density at radius 1 is 1.21 bits per heavy atom. The maximum atomic E-state index is 5.86. The second-order valence-corrected chi connectivity index (χ2v) is 6.17. The number of thiophene rings is 1. The zero-order chi connectivity index (χ0) is 13.2. The van der Waals surface area contributed by atoms with E-state index in [2.05, 4.69) is 43.4 Å². The van der Waals surface area contributed by atoms with Crippen molar-refractivity contribution in [2.75, 3.05) is 0 Å². The quantitative estimate of drug-likeness (QED) is 0.747. The van der Waals surface area contributed by atoms with Crippen molar-refractivity contribution >= 4 is 22.3 Å². The Bertz CT molecular complexity index is 650. The number of rotatable bonds is 4. The van der Waals surface area contributed by atoms with Crippen molar-refractivity contribution in [1.29, 1.82) is 0 Å². The van der Waals surface area contributed by atoms with Crippen LogP contribution in [0.25, 0.3) is 11.0 Å². The molecule has 1 N–H and O–H groups in total. The smallest absolute Gasteiger partial charge is 0.134 e. The van der Waals surface area contributed by atoms with E-state index in [9.17, 15) is 0 Å². The summed E-state index contributed by atoms with van der Waals surface area (Å²) in [5, 5.41) is 4.67. The standard InChI is InChI=1S/C16H17NOS/c1-11-7-8-14(19-11)10-17-12(2)16-9-13-5-3-4-6-15(13)18-16/h3-9,12,17H,10H2,1-2H3. The minimum atomic E-state index is 0.217. The van der Waals surface area contributed by atoms with Crippen LogP contribution in [0.1, 0.15) is 28.5 Å². The third-order valence-electron chi connectivity index (χ3n) is 3.25. The second kappa shape index (κ2) is 5.19. The molecule has 3 heteroatoms. The first kappa shape index (κ1) is 12.5. The number of hydrogen-bond acceptors (Lipinski definition) is 3. The van der Waals surface area contributed by atoms with E-state index in [-0.39, 0.29) is 6.04 Å². The van der Waals surface area contributed by atoms with Crippen LogP contribution in [-0.2, 0) is 6.54 Å². The van der Waals surface area contributed by atoms with E-state index in [0.29, 0.717) is 0 Å². The summed E-state index contributed by atoms with van der Waals surface area (Å²) in [6.45, 7) is 5.16. The third kappa shape index (κ3) is 2.72. The minimum absolute atomic E-state index is 0.217. The van der Waals surface area contributed by atoms with E-state index in [0.717, 1.165) is 23.3 Å². The van der Waals surface area contributed by atoms with E-state index >= 15 is 0 Å². The number of benzene rings is 1. The first-order chi connectivity index (χ1) is 9.22. The highest BCUT2D eigenvalue weighted by atomic mass is 32.1. The Morgan fingerprint density at radius 2 is 2.05 bits per heavy atom. The lowest BCUT2D eigenvalue weighted by Gasteiger charge is -2.09. The molecule has 0 spiro atoms. The highest BCUT2D eigenvalue weighted by molar-refractivity contribution is 7.11. The Kier molecular flexibility index (Phi) is 3.40. The number of para-hydroxylation sites is 1. The fourth-order valence-electron chi connectivity index (χ4n) is 2.15. The predicted octanol–water partition coefficient (Wildman–Crippen LogP) is 4.65. The Hall–Kier alpha value is -1.58. The Labute approximate surface area is 117 Å². The number of hydrogen-bond donors (Lipinski definition) is 1. The van der Waals surface area contributed by atoms with Crippen LogP contribution in [0, 0.1) is 6.92 Å². The zero-order valence-electron chi connectivity index (χ0n) is 11.1. The molecular weight excluding hydrogens is 254 g/mol. The van der Waals surface area contributed by atoms with E-state index in [1.807, 2.05) is 29.5 Å². The molecule has 0 amide bonds. The van der Waals surface area contributed by atoms with Gasteiger partial charge in [-0.3, -0.25) is 0 Å². The van der Waals surface area contributed by atoms with Crippen LogP contribution in [-0.4, -0.2) is 0 Å². The third-order valence-corrected chi connectivity index (χ3v) is 4.25. The number of furan rings is 1. The van der Waals surface area contributed by atoms with Crippen LogP contribution in [0.15, 0.2) is 46.9 Å². The molecule has 0 aliphatic carbocycles. The molecule has 2 heterocycles. The van der Waals surface area contributed by atoms with Crippen LogP contribution < -0.4 is 5.32 Å². The van der Waals surface area contributed by atoms with Gasteiger partial charge in [-0.2, -0.15) is 0 Å². The molecule has 1 unspecified atom stereocenters. The van der Waals surface area contributed by atoms with E-state index in [1.54, 1.807) is 0 Å². The number of aryl methyl sites for hydroxylation is 1. The van der Waals surface area contributed by atoms with Crippen molar-refractivity contribution in [3.8, 4) is 0 Å². The SMILES string of the molecule is Cc1ccc(CNC(C)c2cc3ccccc3o2)s1. The van der Waals surface area contributed by atoms with Gasteiger partial charge < -0.3 is 9.73 Å². The van der Waals surface area contributed by atoms with Gasteiger partial charge in [-0.15, -0.1) is 11.3 Å². The van der Waals surface area contributed by atoms with Gasteiger partial charge in [0.2, 0.25) is 0 Å². The zero-order valence-corrected chi connectivity index (χ0v) is 12.0. The van der Waals surface area contributed by atoms with Crippen molar-refractivity contribution in [2.45, 2.75) is 26.4 Å². The lowest BCUT2D eigenvalue weighted by atomic mass is 10.2. The normalized spacial score (nSPS) is 12.9. The molecule has 19 heavy (non-hydrogen) atoms. The van der Waals surface area contributed by atoms with Gasteiger partial charge in [0.25, 0.3) is 0 Å². The molecule has 3 rings (SSSR count). The molecule has 0 saturated carbocycles. The monoisotopic (exact) mass is 271 g/mol. The molecule has 2 nitrogen and oxygen atoms in total. The van der Waals surface area contributed by atoms with Gasteiger partial charge in [0.1, 0.15) is 11.3 Å². The molecule has 1 aromatic carbocycles. The summed E-state index contributed by atoms with van der Waals surface area (Å²) in [5.41, 5.74) is 0.957.